The Bertz CT molecular complexity index is 168. The van der Waals surface area contributed by atoms with Gasteiger partial charge < -0.3 is 14.6 Å². The molecule has 84 valence electrons. The molecule has 14 heavy (non-hydrogen) atoms. The molecule has 0 unspecified atom stereocenters. The lowest BCUT2D eigenvalue weighted by Gasteiger charge is -2.41. The van der Waals surface area contributed by atoms with Gasteiger partial charge in [0.2, 0.25) is 0 Å². The van der Waals surface area contributed by atoms with E-state index in [2.05, 4.69) is 6.92 Å². The Morgan fingerprint density at radius 3 is 2.43 bits per heavy atom. The minimum atomic E-state index is -0.125. The smallest absolute Gasteiger partial charge is 0.0566 e. The van der Waals surface area contributed by atoms with Crippen LogP contribution in [0.1, 0.15) is 27.2 Å². The summed E-state index contributed by atoms with van der Waals surface area (Å²) in [7, 11) is 0. The van der Waals surface area contributed by atoms with E-state index < -0.39 is 0 Å². The van der Waals surface area contributed by atoms with Gasteiger partial charge >= 0.3 is 0 Å². The van der Waals surface area contributed by atoms with Crippen molar-refractivity contribution in [1.29, 1.82) is 0 Å². The Balaban J connectivity index is 2.20. The van der Waals surface area contributed by atoms with Crippen LogP contribution in [0.4, 0.5) is 0 Å². The molecule has 1 aliphatic rings. The summed E-state index contributed by atoms with van der Waals surface area (Å²) in [4.78, 5) is 0. The Morgan fingerprint density at radius 1 is 1.43 bits per heavy atom. The monoisotopic (exact) mass is 202 g/mol. The lowest BCUT2D eigenvalue weighted by Crippen LogP contribution is -2.46. The lowest BCUT2D eigenvalue weighted by molar-refractivity contribution is -0.156. The molecule has 1 saturated heterocycles. The SMILES string of the molecule is CCC1(COCC(C)(C)CO)COC1. The van der Waals surface area contributed by atoms with E-state index in [4.69, 9.17) is 14.6 Å². The van der Waals surface area contributed by atoms with Crippen LogP contribution in [0.15, 0.2) is 0 Å². The van der Waals surface area contributed by atoms with Gasteiger partial charge in [-0.15, -0.1) is 0 Å². The van der Waals surface area contributed by atoms with E-state index in [1.807, 2.05) is 13.8 Å². The van der Waals surface area contributed by atoms with E-state index in [-0.39, 0.29) is 17.4 Å². The molecule has 0 spiro atoms. The maximum Gasteiger partial charge on any atom is 0.0566 e. The molecular weight excluding hydrogens is 180 g/mol. The number of rotatable bonds is 6. The first-order chi connectivity index (χ1) is 6.54. The molecule has 0 aromatic rings. The van der Waals surface area contributed by atoms with Gasteiger partial charge in [-0.1, -0.05) is 20.8 Å². The largest absolute Gasteiger partial charge is 0.396 e. The van der Waals surface area contributed by atoms with E-state index in [9.17, 15) is 0 Å². The van der Waals surface area contributed by atoms with E-state index >= 15 is 0 Å². The van der Waals surface area contributed by atoms with Gasteiger partial charge in [-0.2, -0.15) is 0 Å². The minimum absolute atomic E-state index is 0.125. The van der Waals surface area contributed by atoms with Gasteiger partial charge in [-0.05, 0) is 6.42 Å². The molecule has 0 aromatic carbocycles. The molecule has 0 radical (unpaired) electrons. The molecule has 0 aliphatic carbocycles. The van der Waals surface area contributed by atoms with Gasteiger partial charge in [0.15, 0.2) is 0 Å². The molecule has 0 amide bonds. The highest BCUT2D eigenvalue weighted by atomic mass is 16.5. The average molecular weight is 202 g/mol. The molecule has 1 aliphatic heterocycles. The van der Waals surface area contributed by atoms with Crippen molar-refractivity contribution in [2.24, 2.45) is 10.8 Å². The van der Waals surface area contributed by atoms with Crippen LogP contribution in [0.3, 0.4) is 0 Å². The van der Waals surface area contributed by atoms with Gasteiger partial charge in [0.25, 0.3) is 0 Å². The summed E-state index contributed by atoms with van der Waals surface area (Å²) >= 11 is 0. The molecule has 0 saturated carbocycles. The first-order valence-corrected chi connectivity index (χ1v) is 5.30. The number of aliphatic hydroxyl groups is 1. The standard InChI is InChI=1S/C11H22O3/c1-4-11(8-14-9-11)7-13-6-10(2,3)5-12/h12H,4-9H2,1-3H3. The Morgan fingerprint density at radius 2 is 2.07 bits per heavy atom. The summed E-state index contributed by atoms with van der Waals surface area (Å²) in [6, 6.07) is 0. The van der Waals surface area contributed by atoms with Crippen LogP contribution in [0.5, 0.6) is 0 Å². The normalized spacial score (nSPS) is 20.6. The van der Waals surface area contributed by atoms with Crippen LogP contribution >= 0.6 is 0 Å². The van der Waals surface area contributed by atoms with Crippen LogP contribution < -0.4 is 0 Å². The summed E-state index contributed by atoms with van der Waals surface area (Å²) < 4.78 is 10.9. The molecule has 3 heteroatoms. The number of ether oxygens (including phenoxy) is 2. The Kier molecular flexibility index (Phi) is 3.93. The highest BCUT2D eigenvalue weighted by Gasteiger charge is 2.37. The van der Waals surface area contributed by atoms with E-state index in [0.29, 0.717) is 6.61 Å². The van der Waals surface area contributed by atoms with E-state index in [0.717, 1.165) is 26.2 Å². The van der Waals surface area contributed by atoms with Crippen LogP contribution in [0.25, 0.3) is 0 Å². The molecule has 0 bridgehead atoms. The minimum Gasteiger partial charge on any atom is -0.396 e. The van der Waals surface area contributed by atoms with Gasteiger partial charge in [-0.25, -0.2) is 0 Å². The van der Waals surface area contributed by atoms with Crippen LogP contribution in [-0.4, -0.2) is 38.1 Å². The maximum atomic E-state index is 9.05. The second-order valence-electron chi connectivity index (χ2n) is 5.16. The van der Waals surface area contributed by atoms with E-state index in [1.54, 1.807) is 0 Å². The zero-order valence-electron chi connectivity index (χ0n) is 9.51. The van der Waals surface area contributed by atoms with E-state index in [1.165, 1.54) is 0 Å². The summed E-state index contributed by atoms with van der Waals surface area (Å²) in [5, 5.41) is 9.05. The van der Waals surface area contributed by atoms with Crippen molar-refractivity contribution in [3.8, 4) is 0 Å². The van der Waals surface area contributed by atoms with Crippen molar-refractivity contribution < 1.29 is 14.6 Å². The van der Waals surface area contributed by atoms with Crippen molar-refractivity contribution in [2.75, 3.05) is 33.0 Å². The van der Waals surface area contributed by atoms with Gasteiger partial charge in [-0.3, -0.25) is 0 Å². The van der Waals surface area contributed by atoms with Crippen molar-refractivity contribution in [3.63, 3.8) is 0 Å². The zero-order valence-corrected chi connectivity index (χ0v) is 9.51. The molecule has 1 N–H and O–H groups in total. The quantitative estimate of drug-likeness (QED) is 0.708. The molecule has 1 rings (SSSR count). The lowest BCUT2D eigenvalue weighted by atomic mass is 9.84. The fraction of sp³-hybridized carbons (Fsp3) is 1.00. The number of hydrogen-bond acceptors (Lipinski definition) is 3. The van der Waals surface area contributed by atoms with Crippen molar-refractivity contribution in [3.05, 3.63) is 0 Å². The molecule has 0 aromatic heterocycles. The predicted octanol–water partition coefficient (Wildman–Crippen LogP) is 1.45. The molecule has 1 heterocycles. The second-order valence-corrected chi connectivity index (χ2v) is 5.16. The Hall–Kier alpha value is -0.120. The highest BCUT2D eigenvalue weighted by Crippen LogP contribution is 2.31. The third-order valence-electron chi connectivity index (χ3n) is 2.90. The van der Waals surface area contributed by atoms with Gasteiger partial charge in [0, 0.05) is 10.8 Å². The first kappa shape index (κ1) is 12.0. The maximum absolute atomic E-state index is 9.05. The number of hydrogen-bond donors (Lipinski definition) is 1. The topological polar surface area (TPSA) is 38.7 Å². The van der Waals surface area contributed by atoms with Crippen molar-refractivity contribution >= 4 is 0 Å². The fourth-order valence-electron chi connectivity index (χ4n) is 1.37. The highest BCUT2D eigenvalue weighted by molar-refractivity contribution is 4.84. The van der Waals surface area contributed by atoms with Crippen molar-refractivity contribution in [2.45, 2.75) is 27.2 Å². The molecule has 3 nitrogen and oxygen atoms in total. The number of aliphatic hydroxyl groups excluding tert-OH is 1. The average Bonchev–Trinajstić information content (AvgIpc) is 2.10. The van der Waals surface area contributed by atoms with Crippen LogP contribution in [0.2, 0.25) is 0 Å². The van der Waals surface area contributed by atoms with Crippen LogP contribution in [0, 0.1) is 10.8 Å². The summed E-state index contributed by atoms with van der Waals surface area (Å²) in [6.07, 6.45) is 1.10. The van der Waals surface area contributed by atoms with Crippen molar-refractivity contribution in [1.82, 2.24) is 0 Å². The zero-order chi connectivity index (χ0) is 10.7. The summed E-state index contributed by atoms with van der Waals surface area (Å²) in [6.45, 7) is 9.36. The third-order valence-corrected chi connectivity index (χ3v) is 2.90. The fourth-order valence-corrected chi connectivity index (χ4v) is 1.37. The predicted molar refractivity (Wildman–Crippen MR) is 55.2 cm³/mol. The van der Waals surface area contributed by atoms with Gasteiger partial charge in [0.1, 0.15) is 0 Å². The van der Waals surface area contributed by atoms with Crippen LogP contribution in [-0.2, 0) is 9.47 Å². The first-order valence-electron chi connectivity index (χ1n) is 5.30. The second kappa shape index (κ2) is 4.60. The molecular formula is C11H22O3. The molecule has 1 fully saturated rings. The third kappa shape index (κ3) is 2.94. The summed E-state index contributed by atoms with van der Waals surface area (Å²) in [5.74, 6) is 0. The Labute approximate surface area is 86.4 Å². The van der Waals surface area contributed by atoms with Gasteiger partial charge in [0.05, 0.1) is 33.0 Å². The molecule has 0 atom stereocenters. The summed E-state index contributed by atoms with van der Waals surface area (Å²) in [5.41, 5.74) is 0.130.